The molecule has 2 N–H and O–H groups in total. The van der Waals surface area contributed by atoms with Crippen LogP contribution in [0.5, 0.6) is 0 Å². The second-order valence-electron chi connectivity index (χ2n) is 7.73. The molecule has 7 heteroatoms. The Morgan fingerprint density at radius 2 is 0.920 bits per heavy atom. The first-order valence-electron chi connectivity index (χ1n) is 8.58. The van der Waals surface area contributed by atoms with E-state index in [2.05, 4.69) is 0 Å². The first-order chi connectivity index (χ1) is 11.2. The summed E-state index contributed by atoms with van der Waals surface area (Å²) in [4.78, 5) is 31.2. The number of carboxylic acid groups (broad SMARTS) is 2. The molecule has 0 atom stereocenters. The first-order valence-corrected chi connectivity index (χ1v) is 8.58. The van der Waals surface area contributed by atoms with E-state index in [1.165, 1.54) is 0 Å². The lowest BCUT2D eigenvalue weighted by atomic mass is 10.1. The highest BCUT2D eigenvalue weighted by Gasteiger charge is 2.22. The van der Waals surface area contributed by atoms with Gasteiger partial charge in [0.15, 0.2) is 0 Å². The van der Waals surface area contributed by atoms with Gasteiger partial charge in [-0.3, -0.25) is 9.59 Å². The van der Waals surface area contributed by atoms with E-state index in [0.717, 1.165) is 19.3 Å². The number of rotatable bonds is 8. The topological polar surface area (TPSA) is 110 Å². The maximum absolute atomic E-state index is 11.0. The summed E-state index contributed by atoms with van der Waals surface area (Å²) in [5, 5.41) is 16.6. The highest BCUT2D eigenvalue weighted by atomic mass is 16.7. The molecule has 0 spiro atoms. The SMILES string of the molecule is CC(C)(C)OC(=O)OC(C)(C)C.O=C(O)CCCCCCCC(=O)O. The number of hydrogen-bond acceptors (Lipinski definition) is 5. The molecule has 0 unspecified atom stereocenters. The van der Waals surface area contributed by atoms with Gasteiger partial charge in [-0.05, 0) is 54.4 Å². The van der Waals surface area contributed by atoms with Gasteiger partial charge in [0, 0.05) is 12.8 Å². The van der Waals surface area contributed by atoms with Crippen LogP contribution in [0.1, 0.15) is 86.5 Å². The zero-order valence-corrected chi connectivity index (χ0v) is 16.4. The number of aliphatic carboxylic acids is 2. The molecule has 0 aliphatic carbocycles. The third kappa shape index (κ3) is 27.4. The molecular formula is C18H34O7. The lowest BCUT2D eigenvalue weighted by Gasteiger charge is -2.24. The molecule has 0 aromatic carbocycles. The molecule has 0 saturated heterocycles. The fourth-order valence-corrected chi connectivity index (χ4v) is 1.60. The summed E-state index contributed by atoms with van der Waals surface area (Å²) in [6, 6.07) is 0. The van der Waals surface area contributed by atoms with E-state index in [9.17, 15) is 14.4 Å². The molecule has 0 aromatic heterocycles. The smallest absolute Gasteiger partial charge is 0.481 e. The average molecular weight is 362 g/mol. The van der Waals surface area contributed by atoms with Crippen LogP contribution in [0.4, 0.5) is 4.79 Å². The van der Waals surface area contributed by atoms with E-state index in [-0.39, 0.29) is 12.8 Å². The van der Waals surface area contributed by atoms with Crippen LogP contribution in [-0.2, 0) is 19.1 Å². The molecule has 0 radical (unpaired) electrons. The number of ether oxygens (including phenoxy) is 2. The van der Waals surface area contributed by atoms with Gasteiger partial charge < -0.3 is 19.7 Å². The zero-order valence-electron chi connectivity index (χ0n) is 16.4. The molecule has 0 bridgehead atoms. The highest BCUT2D eigenvalue weighted by molar-refractivity contribution is 5.66. The van der Waals surface area contributed by atoms with Gasteiger partial charge in [0.1, 0.15) is 11.2 Å². The maximum Gasteiger partial charge on any atom is 0.509 e. The Kier molecular flexibility index (Phi) is 12.8. The molecule has 0 saturated carbocycles. The van der Waals surface area contributed by atoms with E-state index in [1.807, 2.05) is 0 Å². The van der Waals surface area contributed by atoms with Crippen LogP contribution in [0.25, 0.3) is 0 Å². The van der Waals surface area contributed by atoms with Crippen molar-refractivity contribution in [3.05, 3.63) is 0 Å². The molecule has 25 heavy (non-hydrogen) atoms. The lowest BCUT2D eigenvalue weighted by Crippen LogP contribution is -2.30. The quantitative estimate of drug-likeness (QED) is 0.478. The van der Waals surface area contributed by atoms with E-state index >= 15 is 0 Å². The van der Waals surface area contributed by atoms with Crippen molar-refractivity contribution in [3.63, 3.8) is 0 Å². The largest absolute Gasteiger partial charge is 0.509 e. The number of hydrogen-bond donors (Lipinski definition) is 2. The van der Waals surface area contributed by atoms with Crippen molar-refractivity contribution in [2.24, 2.45) is 0 Å². The van der Waals surface area contributed by atoms with Crippen molar-refractivity contribution in [1.82, 2.24) is 0 Å². The van der Waals surface area contributed by atoms with Crippen molar-refractivity contribution >= 4 is 18.1 Å². The van der Waals surface area contributed by atoms with Crippen molar-refractivity contribution in [3.8, 4) is 0 Å². The number of carbonyl (C=O) groups excluding carboxylic acids is 1. The van der Waals surface area contributed by atoms with E-state index in [4.69, 9.17) is 19.7 Å². The molecule has 0 rings (SSSR count). The first kappa shape index (κ1) is 25.5. The van der Waals surface area contributed by atoms with Crippen LogP contribution in [0.2, 0.25) is 0 Å². The molecular weight excluding hydrogens is 328 g/mol. The van der Waals surface area contributed by atoms with Crippen LogP contribution in [0.15, 0.2) is 0 Å². The summed E-state index contributed by atoms with van der Waals surface area (Å²) in [6.07, 6.45) is 3.91. The second kappa shape index (κ2) is 12.6. The summed E-state index contributed by atoms with van der Waals surface area (Å²) in [7, 11) is 0. The van der Waals surface area contributed by atoms with Crippen LogP contribution in [0.3, 0.4) is 0 Å². The van der Waals surface area contributed by atoms with Crippen LogP contribution in [-0.4, -0.2) is 39.5 Å². The third-order valence-electron chi connectivity index (χ3n) is 2.56. The van der Waals surface area contributed by atoms with E-state index in [1.54, 1.807) is 41.5 Å². The van der Waals surface area contributed by atoms with Crippen molar-refractivity contribution in [1.29, 1.82) is 0 Å². The Balaban J connectivity index is 0. The lowest BCUT2D eigenvalue weighted by molar-refractivity contribution is -0.138. The summed E-state index contributed by atoms with van der Waals surface area (Å²) in [6.45, 7) is 10.8. The van der Waals surface area contributed by atoms with Crippen molar-refractivity contribution in [2.45, 2.75) is 97.7 Å². The Bertz CT molecular complexity index is 367. The Morgan fingerprint density at radius 3 is 1.16 bits per heavy atom. The molecule has 0 amide bonds. The minimum Gasteiger partial charge on any atom is -0.481 e. The fourth-order valence-electron chi connectivity index (χ4n) is 1.60. The monoisotopic (exact) mass is 362 g/mol. The van der Waals surface area contributed by atoms with Crippen molar-refractivity contribution in [2.75, 3.05) is 0 Å². The predicted octanol–water partition coefficient (Wildman–Crippen LogP) is 4.62. The summed E-state index contributed by atoms with van der Waals surface area (Å²) >= 11 is 0. The maximum atomic E-state index is 11.0. The van der Waals surface area contributed by atoms with Gasteiger partial charge in [-0.2, -0.15) is 0 Å². The predicted molar refractivity (Wildman–Crippen MR) is 94.7 cm³/mol. The molecule has 0 fully saturated rings. The van der Waals surface area contributed by atoms with Crippen LogP contribution < -0.4 is 0 Å². The molecule has 0 aliphatic heterocycles. The van der Waals surface area contributed by atoms with Crippen LogP contribution in [0, 0.1) is 0 Å². The standard InChI is InChI=1S/C9H16O4.C9H18O3/c10-8(11)6-4-2-1-3-5-7-9(12)13;1-8(2,3)11-7(10)12-9(4,5)6/h1-7H2,(H,10,11)(H,12,13);1-6H3. The Hall–Kier alpha value is -1.79. The molecule has 0 heterocycles. The summed E-state index contributed by atoms with van der Waals surface area (Å²) in [5.74, 6) is -1.52. The number of carboxylic acids is 2. The number of carbonyl (C=O) groups is 3. The molecule has 0 aliphatic rings. The van der Waals surface area contributed by atoms with Gasteiger partial charge in [-0.15, -0.1) is 0 Å². The molecule has 0 aromatic rings. The summed E-state index contributed by atoms with van der Waals surface area (Å²) in [5.41, 5.74) is -0.968. The normalized spacial score (nSPS) is 11.1. The van der Waals surface area contributed by atoms with Gasteiger partial charge in [0.2, 0.25) is 0 Å². The Labute approximate surface area is 150 Å². The van der Waals surface area contributed by atoms with Gasteiger partial charge >= 0.3 is 18.1 Å². The fraction of sp³-hybridized carbons (Fsp3) is 0.833. The van der Waals surface area contributed by atoms with Gasteiger partial charge in [0.25, 0.3) is 0 Å². The van der Waals surface area contributed by atoms with Crippen molar-refractivity contribution < 1.29 is 34.1 Å². The van der Waals surface area contributed by atoms with Gasteiger partial charge in [-0.25, -0.2) is 4.79 Å². The number of unbranched alkanes of at least 4 members (excludes halogenated alkanes) is 4. The highest BCUT2D eigenvalue weighted by Crippen LogP contribution is 2.13. The average Bonchev–Trinajstić information content (AvgIpc) is 2.32. The van der Waals surface area contributed by atoms with Crippen LogP contribution >= 0.6 is 0 Å². The second-order valence-corrected chi connectivity index (χ2v) is 7.73. The van der Waals surface area contributed by atoms with E-state index < -0.39 is 29.3 Å². The Morgan fingerprint density at radius 1 is 0.640 bits per heavy atom. The minimum atomic E-state index is -0.759. The molecule has 148 valence electrons. The zero-order chi connectivity index (χ0) is 20.1. The summed E-state index contributed by atoms with van der Waals surface area (Å²) < 4.78 is 9.91. The van der Waals surface area contributed by atoms with Gasteiger partial charge in [-0.1, -0.05) is 19.3 Å². The van der Waals surface area contributed by atoms with E-state index in [0.29, 0.717) is 12.8 Å². The van der Waals surface area contributed by atoms with Gasteiger partial charge in [0.05, 0.1) is 0 Å². The molecule has 7 nitrogen and oxygen atoms in total. The minimum absolute atomic E-state index is 0.221. The third-order valence-corrected chi connectivity index (χ3v) is 2.56.